The number of hydrogen-bond donors (Lipinski definition) is 1. The second-order valence-electron chi connectivity index (χ2n) is 9.97. The van der Waals surface area contributed by atoms with E-state index in [9.17, 15) is 9.59 Å². The topological polar surface area (TPSA) is 65.5 Å². The number of likely N-dealkylation sites (tertiary alicyclic amines) is 1. The Hall–Kier alpha value is -2.96. The molecule has 1 fully saturated rings. The van der Waals surface area contributed by atoms with Gasteiger partial charge in [-0.15, -0.1) is 0 Å². The van der Waals surface area contributed by atoms with Crippen molar-refractivity contribution < 1.29 is 9.59 Å². The van der Waals surface area contributed by atoms with Crippen molar-refractivity contribution in [2.45, 2.75) is 45.7 Å². The molecule has 6 nitrogen and oxygen atoms in total. The number of nitrogens with one attached hydrogen (secondary N) is 1. The van der Waals surface area contributed by atoms with Crippen LogP contribution < -0.4 is 10.2 Å². The van der Waals surface area contributed by atoms with Crippen LogP contribution in [0.5, 0.6) is 0 Å². The molecule has 7 heteroatoms. The fourth-order valence-corrected chi connectivity index (χ4v) is 4.54. The summed E-state index contributed by atoms with van der Waals surface area (Å²) in [5.74, 6) is 0.227. The fraction of sp³-hybridized carbons (Fsp3) is 0.370. The Balaban J connectivity index is 1.43. The van der Waals surface area contributed by atoms with E-state index in [-0.39, 0.29) is 17.4 Å². The highest BCUT2D eigenvalue weighted by Gasteiger charge is 2.27. The van der Waals surface area contributed by atoms with E-state index in [0.717, 1.165) is 61.0 Å². The quantitative estimate of drug-likeness (QED) is 0.487. The molecule has 0 spiro atoms. The number of pyridine rings is 1. The van der Waals surface area contributed by atoms with Crippen LogP contribution in [0.2, 0.25) is 5.02 Å². The number of benzene rings is 2. The Morgan fingerprint density at radius 1 is 1.15 bits per heavy atom. The summed E-state index contributed by atoms with van der Waals surface area (Å²) >= 11 is 6.06. The number of carbonyl (C=O) groups is 2. The van der Waals surface area contributed by atoms with Gasteiger partial charge in [-0.3, -0.25) is 24.4 Å². The second kappa shape index (κ2) is 10.1. The molecule has 1 aliphatic heterocycles. The Morgan fingerprint density at radius 3 is 2.62 bits per heavy atom. The van der Waals surface area contributed by atoms with Gasteiger partial charge in [-0.1, -0.05) is 29.8 Å². The number of nitrogens with zero attached hydrogens (tertiary/aromatic N) is 3. The van der Waals surface area contributed by atoms with Crippen molar-refractivity contribution >= 4 is 46.2 Å². The highest BCUT2D eigenvalue weighted by atomic mass is 35.5. The molecule has 0 saturated carbocycles. The van der Waals surface area contributed by atoms with Crippen LogP contribution in [0, 0.1) is 5.92 Å². The van der Waals surface area contributed by atoms with E-state index < -0.39 is 0 Å². The summed E-state index contributed by atoms with van der Waals surface area (Å²) in [4.78, 5) is 33.0. The highest BCUT2D eigenvalue weighted by molar-refractivity contribution is 6.31. The van der Waals surface area contributed by atoms with Crippen LogP contribution in [0.4, 0.5) is 11.4 Å². The standard InChI is InChI=1S/C27H31ClN4O2/c1-27(2,3)30-26(34)20-9-11-31(12-10-20)17-19-5-4-6-23(13-19)32(18-33)24-14-21-7-8-22(28)15-25(21)29-16-24/h4-8,13-16,18,20H,9-12,17H2,1-3H3,(H,30,34). The molecule has 0 unspecified atom stereocenters. The van der Waals surface area contributed by atoms with E-state index in [0.29, 0.717) is 10.7 Å². The van der Waals surface area contributed by atoms with Crippen molar-refractivity contribution in [2.24, 2.45) is 5.92 Å². The summed E-state index contributed by atoms with van der Waals surface area (Å²) in [6.07, 6.45) is 4.22. The lowest BCUT2D eigenvalue weighted by molar-refractivity contribution is -0.128. The average Bonchev–Trinajstić information content (AvgIpc) is 2.79. The van der Waals surface area contributed by atoms with E-state index in [1.165, 1.54) is 0 Å². The first-order valence-electron chi connectivity index (χ1n) is 11.6. The molecule has 0 bridgehead atoms. The lowest BCUT2D eigenvalue weighted by atomic mass is 9.94. The third kappa shape index (κ3) is 5.93. The maximum atomic E-state index is 12.5. The van der Waals surface area contributed by atoms with Gasteiger partial charge in [0.25, 0.3) is 0 Å². The van der Waals surface area contributed by atoms with E-state index in [2.05, 4.69) is 21.3 Å². The zero-order chi connectivity index (χ0) is 24.3. The van der Waals surface area contributed by atoms with Gasteiger partial charge in [0.15, 0.2) is 0 Å². The number of anilines is 2. The second-order valence-corrected chi connectivity index (χ2v) is 10.4. The minimum atomic E-state index is -0.202. The Morgan fingerprint density at radius 2 is 1.91 bits per heavy atom. The molecule has 1 aromatic heterocycles. The van der Waals surface area contributed by atoms with Crippen molar-refractivity contribution in [3.05, 3.63) is 65.3 Å². The van der Waals surface area contributed by atoms with Crippen molar-refractivity contribution in [1.29, 1.82) is 0 Å². The van der Waals surface area contributed by atoms with Crippen molar-refractivity contribution in [1.82, 2.24) is 15.2 Å². The summed E-state index contributed by atoms with van der Waals surface area (Å²) in [5.41, 5.74) is 3.21. The highest BCUT2D eigenvalue weighted by Crippen LogP contribution is 2.28. The van der Waals surface area contributed by atoms with Gasteiger partial charge in [0.2, 0.25) is 12.3 Å². The summed E-state index contributed by atoms with van der Waals surface area (Å²) in [5, 5.41) is 4.65. The molecule has 0 aliphatic carbocycles. The smallest absolute Gasteiger partial charge is 0.223 e. The molecule has 1 aliphatic rings. The summed E-state index contributed by atoms with van der Waals surface area (Å²) < 4.78 is 0. The van der Waals surface area contributed by atoms with Crippen molar-refractivity contribution in [2.75, 3.05) is 18.0 Å². The van der Waals surface area contributed by atoms with Gasteiger partial charge in [0, 0.05) is 34.1 Å². The summed E-state index contributed by atoms with van der Waals surface area (Å²) in [6, 6.07) is 15.5. The fourth-order valence-electron chi connectivity index (χ4n) is 4.37. The largest absolute Gasteiger partial charge is 0.351 e. The normalized spacial score (nSPS) is 15.3. The Kier molecular flexibility index (Phi) is 7.19. The SMILES string of the molecule is CC(C)(C)NC(=O)C1CCN(Cc2cccc(N(C=O)c3cnc4cc(Cl)ccc4c3)c2)CC1. The summed E-state index contributed by atoms with van der Waals surface area (Å²) in [6.45, 7) is 8.57. The molecule has 4 rings (SSSR count). The molecule has 1 N–H and O–H groups in total. The number of rotatable bonds is 6. The predicted molar refractivity (Wildman–Crippen MR) is 137 cm³/mol. The molecular weight excluding hydrogens is 448 g/mol. The first-order valence-corrected chi connectivity index (χ1v) is 12.0. The molecule has 3 aromatic rings. The lowest BCUT2D eigenvalue weighted by Crippen LogP contribution is -2.46. The number of hydrogen-bond acceptors (Lipinski definition) is 4. The monoisotopic (exact) mass is 478 g/mol. The Labute approximate surface area is 205 Å². The minimum Gasteiger partial charge on any atom is -0.351 e. The average molecular weight is 479 g/mol. The first-order chi connectivity index (χ1) is 16.2. The van der Waals surface area contributed by atoms with E-state index in [1.54, 1.807) is 11.1 Å². The third-order valence-corrected chi connectivity index (χ3v) is 6.30. The number of amides is 2. The molecule has 178 valence electrons. The zero-order valence-electron chi connectivity index (χ0n) is 19.9. The molecular formula is C27H31ClN4O2. The first kappa shape index (κ1) is 24.2. The zero-order valence-corrected chi connectivity index (χ0v) is 20.7. The maximum absolute atomic E-state index is 12.5. The van der Waals surface area contributed by atoms with Gasteiger partial charge in [-0.2, -0.15) is 0 Å². The van der Waals surface area contributed by atoms with Crippen LogP contribution in [-0.4, -0.2) is 40.8 Å². The number of aromatic nitrogens is 1. The van der Waals surface area contributed by atoms with Crippen LogP contribution in [0.15, 0.2) is 54.7 Å². The third-order valence-electron chi connectivity index (χ3n) is 6.07. The number of piperidine rings is 1. The number of carbonyl (C=O) groups excluding carboxylic acids is 2. The molecule has 0 atom stereocenters. The minimum absolute atomic E-state index is 0.0719. The van der Waals surface area contributed by atoms with Crippen LogP contribution in [-0.2, 0) is 16.1 Å². The van der Waals surface area contributed by atoms with Gasteiger partial charge in [-0.05, 0) is 82.6 Å². The molecule has 34 heavy (non-hydrogen) atoms. The summed E-state index contributed by atoms with van der Waals surface area (Å²) in [7, 11) is 0. The molecule has 2 aromatic carbocycles. The van der Waals surface area contributed by atoms with Gasteiger partial charge in [0.05, 0.1) is 17.4 Å². The lowest BCUT2D eigenvalue weighted by Gasteiger charge is -2.33. The molecule has 2 heterocycles. The van der Waals surface area contributed by atoms with Crippen LogP contribution >= 0.6 is 11.6 Å². The van der Waals surface area contributed by atoms with Crippen LogP contribution in [0.1, 0.15) is 39.2 Å². The van der Waals surface area contributed by atoms with E-state index >= 15 is 0 Å². The maximum Gasteiger partial charge on any atom is 0.223 e. The van der Waals surface area contributed by atoms with Gasteiger partial charge in [-0.25, -0.2) is 0 Å². The van der Waals surface area contributed by atoms with Crippen LogP contribution in [0.3, 0.4) is 0 Å². The van der Waals surface area contributed by atoms with Gasteiger partial charge < -0.3 is 5.32 Å². The van der Waals surface area contributed by atoms with Crippen molar-refractivity contribution in [3.63, 3.8) is 0 Å². The van der Waals surface area contributed by atoms with E-state index in [1.807, 2.05) is 63.2 Å². The molecule has 2 amide bonds. The predicted octanol–water partition coefficient (Wildman–Crippen LogP) is 5.31. The molecule has 0 radical (unpaired) electrons. The van der Waals surface area contributed by atoms with Crippen LogP contribution in [0.25, 0.3) is 10.9 Å². The van der Waals surface area contributed by atoms with Crippen molar-refractivity contribution in [3.8, 4) is 0 Å². The van der Waals surface area contributed by atoms with Gasteiger partial charge in [0.1, 0.15) is 0 Å². The number of halogens is 1. The molecule has 1 saturated heterocycles. The van der Waals surface area contributed by atoms with Gasteiger partial charge >= 0.3 is 0 Å². The number of fused-ring (bicyclic) bond motifs is 1. The Bertz CT molecular complexity index is 1180. The van der Waals surface area contributed by atoms with E-state index in [4.69, 9.17) is 11.6 Å².